The number of carbonyl (C=O) groups is 1. The predicted octanol–water partition coefficient (Wildman–Crippen LogP) is 3.84. The maximum absolute atomic E-state index is 13.7. The lowest BCUT2D eigenvalue weighted by Gasteiger charge is -2.16. The van der Waals surface area contributed by atoms with Gasteiger partial charge in [0.2, 0.25) is 0 Å². The van der Waals surface area contributed by atoms with Crippen LogP contribution in [0.25, 0.3) is 0 Å². The summed E-state index contributed by atoms with van der Waals surface area (Å²) in [5.74, 6) is -1.07. The van der Waals surface area contributed by atoms with Crippen molar-refractivity contribution in [2.75, 3.05) is 6.61 Å². The fraction of sp³-hybridized carbons (Fsp3) is 0.278. The molecular weight excluding hydrogens is 300 g/mol. The molecular formula is C18H19F2NO2. The lowest BCUT2D eigenvalue weighted by molar-refractivity contribution is -0.123. The van der Waals surface area contributed by atoms with E-state index >= 15 is 0 Å². The molecule has 0 fully saturated rings. The summed E-state index contributed by atoms with van der Waals surface area (Å²) in [6.07, 6.45) is 0. The molecule has 5 heteroatoms. The largest absolute Gasteiger partial charge is 0.483 e. The molecule has 0 radical (unpaired) electrons. The Morgan fingerprint density at radius 3 is 2.61 bits per heavy atom. The minimum absolute atomic E-state index is 0.169. The Balaban J connectivity index is 1.95. The van der Waals surface area contributed by atoms with Crippen LogP contribution in [0.4, 0.5) is 8.78 Å². The SMILES string of the molecule is Cc1ccc(C)c(OCC(=O)N[C@H](C)c2ccc(F)cc2F)c1. The topological polar surface area (TPSA) is 38.3 Å². The molecule has 0 spiro atoms. The maximum atomic E-state index is 13.7. The van der Waals surface area contributed by atoms with Crippen molar-refractivity contribution >= 4 is 5.91 Å². The molecule has 2 aromatic carbocycles. The number of rotatable bonds is 5. The van der Waals surface area contributed by atoms with Crippen LogP contribution in [-0.4, -0.2) is 12.5 Å². The van der Waals surface area contributed by atoms with Gasteiger partial charge in [-0.05, 0) is 44.0 Å². The summed E-state index contributed by atoms with van der Waals surface area (Å²) in [5, 5.41) is 2.63. The summed E-state index contributed by atoms with van der Waals surface area (Å²) in [4.78, 5) is 11.9. The summed E-state index contributed by atoms with van der Waals surface area (Å²) < 4.78 is 32.1. The third-order valence-electron chi connectivity index (χ3n) is 3.51. The van der Waals surface area contributed by atoms with Crippen molar-refractivity contribution < 1.29 is 18.3 Å². The number of carbonyl (C=O) groups excluding carboxylic acids is 1. The number of nitrogens with one attached hydrogen (secondary N) is 1. The van der Waals surface area contributed by atoms with Gasteiger partial charge in [0.05, 0.1) is 6.04 Å². The van der Waals surface area contributed by atoms with Gasteiger partial charge in [-0.3, -0.25) is 4.79 Å². The molecule has 23 heavy (non-hydrogen) atoms. The molecule has 1 amide bonds. The van der Waals surface area contributed by atoms with E-state index in [-0.39, 0.29) is 18.1 Å². The highest BCUT2D eigenvalue weighted by Crippen LogP contribution is 2.20. The van der Waals surface area contributed by atoms with Crippen molar-refractivity contribution in [2.24, 2.45) is 0 Å². The van der Waals surface area contributed by atoms with E-state index in [2.05, 4.69) is 5.32 Å². The molecule has 0 saturated heterocycles. The molecule has 0 unspecified atom stereocenters. The summed E-state index contributed by atoms with van der Waals surface area (Å²) >= 11 is 0. The third-order valence-corrected chi connectivity index (χ3v) is 3.51. The van der Waals surface area contributed by atoms with Gasteiger partial charge in [-0.1, -0.05) is 18.2 Å². The monoisotopic (exact) mass is 319 g/mol. The van der Waals surface area contributed by atoms with Crippen LogP contribution in [0.1, 0.15) is 29.7 Å². The number of halogens is 2. The number of hydrogen-bond acceptors (Lipinski definition) is 2. The Hall–Kier alpha value is -2.43. The standard InChI is InChI=1S/C18H19F2NO2/c1-11-4-5-12(2)17(8-11)23-10-18(22)21-13(3)15-7-6-14(19)9-16(15)20/h4-9,13H,10H2,1-3H3,(H,21,22)/t13-/m1/s1. The average molecular weight is 319 g/mol. The van der Waals surface area contributed by atoms with Crippen molar-refractivity contribution in [3.05, 3.63) is 64.7 Å². The van der Waals surface area contributed by atoms with Gasteiger partial charge in [0.15, 0.2) is 6.61 Å². The van der Waals surface area contributed by atoms with E-state index in [1.54, 1.807) is 6.92 Å². The van der Waals surface area contributed by atoms with E-state index in [9.17, 15) is 13.6 Å². The Kier molecular flexibility index (Phi) is 5.32. The molecule has 3 nitrogen and oxygen atoms in total. The summed E-state index contributed by atoms with van der Waals surface area (Å²) in [6, 6.07) is 8.43. The second-order valence-corrected chi connectivity index (χ2v) is 5.51. The first-order valence-corrected chi connectivity index (χ1v) is 7.31. The normalized spacial score (nSPS) is 11.9. The molecule has 1 N–H and O–H groups in total. The Morgan fingerprint density at radius 2 is 1.91 bits per heavy atom. The molecule has 0 bridgehead atoms. The molecule has 0 saturated carbocycles. The number of ether oxygens (including phenoxy) is 1. The van der Waals surface area contributed by atoms with Gasteiger partial charge in [0.25, 0.3) is 5.91 Å². The molecule has 0 aromatic heterocycles. The van der Waals surface area contributed by atoms with E-state index in [1.165, 1.54) is 6.07 Å². The molecule has 0 aliphatic heterocycles. The number of aryl methyl sites for hydroxylation is 2. The number of hydrogen-bond donors (Lipinski definition) is 1. The molecule has 0 aliphatic rings. The van der Waals surface area contributed by atoms with Gasteiger partial charge in [-0.15, -0.1) is 0 Å². The smallest absolute Gasteiger partial charge is 0.258 e. The molecule has 2 aromatic rings. The minimum Gasteiger partial charge on any atom is -0.483 e. The zero-order valence-corrected chi connectivity index (χ0v) is 13.3. The highest BCUT2D eigenvalue weighted by atomic mass is 19.1. The molecule has 1 atom stereocenters. The van der Waals surface area contributed by atoms with E-state index in [0.29, 0.717) is 5.75 Å². The van der Waals surface area contributed by atoms with Gasteiger partial charge in [0, 0.05) is 11.6 Å². The van der Waals surface area contributed by atoms with Crippen LogP contribution in [-0.2, 0) is 4.79 Å². The van der Waals surface area contributed by atoms with Crippen molar-refractivity contribution in [2.45, 2.75) is 26.8 Å². The van der Waals surface area contributed by atoms with Crippen LogP contribution in [0.15, 0.2) is 36.4 Å². The van der Waals surface area contributed by atoms with E-state index < -0.39 is 17.7 Å². The summed E-state index contributed by atoms with van der Waals surface area (Å²) in [5.41, 5.74) is 2.19. The molecule has 2 rings (SSSR count). The van der Waals surface area contributed by atoms with Crippen LogP contribution in [0, 0.1) is 25.5 Å². The quantitative estimate of drug-likeness (QED) is 0.909. The first-order valence-electron chi connectivity index (χ1n) is 7.31. The molecule has 122 valence electrons. The minimum atomic E-state index is -0.687. The highest BCUT2D eigenvalue weighted by Gasteiger charge is 2.15. The van der Waals surface area contributed by atoms with Crippen LogP contribution >= 0.6 is 0 Å². The zero-order valence-electron chi connectivity index (χ0n) is 13.3. The third kappa shape index (κ3) is 4.52. The first-order chi connectivity index (χ1) is 10.9. The summed E-state index contributed by atoms with van der Waals surface area (Å²) in [7, 11) is 0. The Morgan fingerprint density at radius 1 is 1.17 bits per heavy atom. The van der Waals surface area contributed by atoms with E-state index in [1.807, 2.05) is 32.0 Å². The predicted molar refractivity (Wildman–Crippen MR) is 84.3 cm³/mol. The fourth-order valence-electron chi connectivity index (χ4n) is 2.22. The number of amides is 1. The van der Waals surface area contributed by atoms with Crippen LogP contribution < -0.4 is 10.1 Å². The van der Waals surface area contributed by atoms with E-state index in [4.69, 9.17) is 4.74 Å². The average Bonchev–Trinajstić information content (AvgIpc) is 2.48. The van der Waals surface area contributed by atoms with Gasteiger partial charge in [0.1, 0.15) is 17.4 Å². The van der Waals surface area contributed by atoms with Crippen molar-refractivity contribution in [1.82, 2.24) is 5.32 Å². The number of benzene rings is 2. The lowest BCUT2D eigenvalue weighted by atomic mass is 10.1. The van der Waals surface area contributed by atoms with Crippen molar-refractivity contribution in [3.63, 3.8) is 0 Å². The fourth-order valence-corrected chi connectivity index (χ4v) is 2.22. The van der Waals surface area contributed by atoms with Crippen LogP contribution in [0.5, 0.6) is 5.75 Å². The van der Waals surface area contributed by atoms with Gasteiger partial charge in [-0.25, -0.2) is 8.78 Å². The van der Waals surface area contributed by atoms with Gasteiger partial charge in [-0.2, -0.15) is 0 Å². The van der Waals surface area contributed by atoms with Crippen molar-refractivity contribution in [3.8, 4) is 5.75 Å². The first kappa shape index (κ1) is 16.9. The molecule has 0 aliphatic carbocycles. The Labute approximate surface area is 134 Å². The lowest BCUT2D eigenvalue weighted by Crippen LogP contribution is -2.31. The van der Waals surface area contributed by atoms with Gasteiger partial charge < -0.3 is 10.1 Å². The van der Waals surface area contributed by atoms with Crippen molar-refractivity contribution in [1.29, 1.82) is 0 Å². The van der Waals surface area contributed by atoms with E-state index in [0.717, 1.165) is 23.3 Å². The van der Waals surface area contributed by atoms with Crippen LogP contribution in [0.2, 0.25) is 0 Å². The van der Waals surface area contributed by atoms with Crippen LogP contribution in [0.3, 0.4) is 0 Å². The Bertz CT molecular complexity index is 716. The summed E-state index contributed by atoms with van der Waals surface area (Å²) in [6.45, 7) is 5.29. The second kappa shape index (κ2) is 7.22. The highest BCUT2D eigenvalue weighted by molar-refractivity contribution is 5.78. The second-order valence-electron chi connectivity index (χ2n) is 5.51. The zero-order chi connectivity index (χ0) is 17.0. The van der Waals surface area contributed by atoms with Gasteiger partial charge >= 0.3 is 0 Å². The maximum Gasteiger partial charge on any atom is 0.258 e. The molecule has 0 heterocycles.